The normalized spacial score (nSPS) is 13.9. The summed E-state index contributed by atoms with van der Waals surface area (Å²) in [6.45, 7) is 6.32. The predicted octanol–water partition coefficient (Wildman–Crippen LogP) is 6.29. The smallest absolute Gasteiger partial charge is 0.343 e. The summed E-state index contributed by atoms with van der Waals surface area (Å²) in [7, 11) is 0. The van der Waals surface area contributed by atoms with Gasteiger partial charge in [-0.15, -0.1) is 0 Å². The molecule has 1 N–H and O–H groups in total. The lowest BCUT2D eigenvalue weighted by molar-refractivity contribution is -0.120. The van der Waals surface area contributed by atoms with Crippen molar-refractivity contribution in [1.29, 1.82) is 0 Å². The Balaban J connectivity index is 1.44. The highest BCUT2D eigenvalue weighted by molar-refractivity contribution is 6.53. The van der Waals surface area contributed by atoms with Gasteiger partial charge >= 0.3 is 5.97 Å². The Kier molecular flexibility index (Phi) is 6.70. The van der Waals surface area contributed by atoms with Crippen molar-refractivity contribution >= 4 is 52.4 Å². The number of amides is 2. The van der Waals surface area contributed by atoms with E-state index >= 15 is 0 Å². The number of esters is 1. The summed E-state index contributed by atoms with van der Waals surface area (Å²) in [6.07, 6.45) is 0. The molecule has 1 aliphatic heterocycles. The highest BCUT2D eigenvalue weighted by Gasteiger charge is 2.38. The maximum Gasteiger partial charge on any atom is 0.343 e. The van der Waals surface area contributed by atoms with Crippen molar-refractivity contribution in [3.63, 3.8) is 0 Å². The summed E-state index contributed by atoms with van der Waals surface area (Å²) in [5, 5.41) is 3.12. The first kappa shape index (κ1) is 24.5. The third-order valence-electron chi connectivity index (χ3n) is 5.43. The molecular weight excluding hydrogens is 487 g/mol. The second-order valence-corrected chi connectivity index (χ2v) is 9.79. The first-order valence-electron chi connectivity index (χ1n) is 10.8. The molecule has 2 amide bonds. The minimum absolute atomic E-state index is 0.000860. The van der Waals surface area contributed by atoms with Crippen LogP contribution in [-0.4, -0.2) is 17.8 Å². The van der Waals surface area contributed by atoms with E-state index in [0.717, 1.165) is 10.5 Å². The summed E-state index contributed by atoms with van der Waals surface area (Å²) < 4.78 is 5.46. The van der Waals surface area contributed by atoms with Gasteiger partial charge in [0, 0.05) is 10.7 Å². The van der Waals surface area contributed by atoms with Gasteiger partial charge in [0.2, 0.25) is 0 Å². The lowest BCUT2D eigenvalue weighted by atomic mass is 9.87. The summed E-state index contributed by atoms with van der Waals surface area (Å²) in [4.78, 5) is 39.0. The molecule has 8 heteroatoms. The van der Waals surface area contributed by atoms with E-state index in [4.69, 9.17) is 27.9 Å². The van der Waals surface area contributed by atoms with Gasteiger partial charge in [-0.05, 0) is 71.6 Å². The van der Waals surface area contributed by atoms with Gasteiger partial charge in [0.1, 0.15) is 16.5 Å². The van der Waals surface area contributed by atoms with Crippen LogP contribution in [0.4, 0.5) is 11.4 Å². The van der Waals surface area contributed by atoms with E-state index in [0.29, 0.717) is 27.7 Å². The number of nitrogens with one attached hydrogen (secondary N) is 1. The van der Waals surface area contributed by atoms with Gasteiger partial charge in [-0.25, -0.2) is 9.69 Å². The van der Waals surface area contributed by atoms with E-state index in [1.54, 1.807) is 60.7 Å². The molecule has 6 nitrogen and oxygen atoms in total. The summed E-state index contributed by atoms with van der Waals surface area (Å²) in [6, 6.07) is 20.0. The number of halogens is 2. The maximum atomic E-state index is 12.9. The van der Waals surface area contributed by atoms with Crippen molar-refractivity contribution in [2.45, 2.75) is 26.2 Å². The van der Waals surface area contributed by atoms with Gasteiger partial charge in [0.25, 0.3) is 11.8 Å². The van der Waals surface area contributed by atoms with Crippen molar-refractivity contribution in [2.75, 3.05) is 10.2 Å². The number of hydrogen-bond acceptors (Lipinski definition) is 5. The van der Waals surface area contributed by atoms with Gasteiger partial charge in [-0.1, -0.05) is 56.1 Å². The number of carbonyl (C=O) groups is 3. The number of anilines is 2. The topological polar surface area (TPSA) is 75.7 Å². The number of hydrogen-bond donors (Lipinski definition) is 1. The molecule has 35 heavy (non-hydrogen) atoms. The number of nitrogens with zero attached hydrogens (tertiary/aromatic N) is 1. The van der Waals surface area contributed by atoms with Gasteiger partial charge in [0.05, 0.1) is 11.3 Å². The number of rotatable bonds is 5. The third kappa shape index (κ3) is 5.24. The molecule has 4 rings (SSSR count). The number of ether oxygens (including phenoxy) is 1. The Bertz CT molecular complexity index is 1320. The van der Waals surface area contributed by atoms with Crippen LogP contribution >= 0.6 is 23.2 Å². The Labute approximate surface area is 213 Å². The lowest BCUT2D eigenvalue weighted by Crippen LogP contribution is -2.32. The Morgan fingerprint density at radius 1 is 0.829 bits per heavy atom. The molecule has 0 aromatic heterocycles. The van der Waals surface area contributed by atoms with Gasteiger partial charge in [0.15, 0.2) is 0 Å². The van der Waals surface area contributed by atoms with E-state index in [1.165, 1.54) is 0 Å². The van der Waals surface area contributed by atoms with Gasteiger partial charge in [-0.3, -0.25) is 9.59 Å². The predicted molar refractivity (Wildman–Crippen MR) is 137 cm³/mol. The first-order valence-corrected chi connectivity index (χ1v) is 11.5. The number of carbonyl (C=O) groups excluding carboxylic acids is 3. The summed E-state index contributed by atoms with van der Waals surface area (Å²) >= 11 is 12.1. The minimum Gasteiger partial charge on any atom is -0.423 e. The van der Waals surface area contributed by atoms with Crippen molar-refractivity contribution in [1.82, 2.24) is 0 Å². The average Bonchev–Trinajstić information content (AvgIpc) is 3.03. The Morgan fingerprint density at radius 3 is 2.00 bits per heavy atom. The van der Waals surface area contributed by atoms with Crippen LogP contribution in [0.2, 0.25) is 5.02 Å². The monoisotopic (exact) mass is 508 g/mol. The molecule has 0 saturated heterocycles. The van der Waals surface area contributed by atoms with E-state index < -0.39 is 17.8 Å². The molecule has 1 heterocycles. The molecule has 1 aliphatic rings. The fraction of sp³-hybridized carbons (Fsp3) is 0.148. The first-order chi connectivity index (χ1) is 16.5. The molecule has 0 atom stereocenters. The lowest BCUT2D eigenvalue weighted by Gasteiger charge is -2.19. The fourth-order valence-electron chi connectivity index (χ4n) is 3.46. The SMILES string of the molecule is CC(C)(C)c1ccc(OC(=O)c2ccc(NC3=C(Cl)C(=O)N(c4ccc(Cl)cc4)C3=O)cc2)cc1. The molecule has 0 bridgehead atoms. The largest absolute Gasteiger partial charge is 0.423 e. The van der Waals surface area contributed by atoms with Crippen molar-refractivity contribution < 1.29 is 19.1 Å². The van der Waals surface area contributed by atoms with Crippen molar-refractivity contribution in [2.24, 2.45) is 0 Å². The molecule has 0 radical (unpaired) electrons. The Hall–Kier alpha value is -3.61. The molecule has 3 aromatic rings. The van der Waals surface area contributed by atoms with Crippen LogP contribution in [0.1, 0.15) is 36.7 Å². The second kappa shape index (κ2) is 9.56. The summed E-state index contributed by atoms with van der Waals surface area (Å²) in [5.74, 6) is -1.30. The highest BCUT2D eigenvalue weighted by atomic mass is 35.5. The maximum absolute atomic E-state index is 12.9. The van der Waals surface area contributed by atoms with Gasteiger partial charge < -0.3 is 10.1 Å². The van der Waals surface area contributed by atoms with E-state index in [9.17, 15) is 14.4 Å². The zero-order valence-corrected chi connectivity index (χ0v) is 20.8. The van der Waals surface area contributed by atoms with Gasteiger partial charge in [-0.2, -0.15) is 0 Å². The molecule has 178 valence electrons. The minimum atomic E-state index is -0.640. The molecule has 3 aromatic carbocycles. The third-order valence-corrected chi connectivity index (χ3v) is 6.04. The van der Waals surface area contributed by atoms with Crippen LogP contribution in [0.25, 0.3) is 0 Å². The van der Waals surface area contributed by atoms with Crippen LogP contribution < -0.4 is 15.0 Å². The molecule has 0 fully saturated rings. The number of imide groups is 1. The number of benzene rings is 3. The highest BCUT2D eigenvalue weighted by Crippen LogP contribution is 2.31. The van der Waals surface area contributed by atoms with E-state index in [2.05, 4.69) is 26.1 Å². The Morgan fingerprint density at radius 2 is 1.43 bits per heavy atom. The van der Waals surface area contributed by atoms with Crippen molar-refractivity contribution in [3.8, 4) is 5.75 Å². The molecule has 0 aliphatic carbocycles. The van der Waals surface area contributed by atoms with Crippen LogP contribution in [0.3, 0.4) is 0 Å². The van der Waals surface area contributed by atoms with Crippen LogP contribution in [0.15, 0.2) is 83.5 Å². The van der Waals surface area contributed by atoms with Crippen LogP contribution in [0, 0.1) is 0 Å². The molecule has 0 unspecified atom stereocenters. The zero-order valence-electron chi connectivity index (χ0n) is 19.3. The standard InChI is InChI=1S/C27H22Cl2N2O4/c1-27(2,3)17-6-14-21(15-7-17)35-26(34)16-4-10-19(11-5-16)30-23-22(29)24(32)31(25(23)33)20-12-8-18(28)9-13-20/h4-15,30H,1-3H3. The summed E-state index contributed by atoms with van der Waals surface area (Å²) in [5.41, 5.74) is 2.24. The molecule has 0 saturated carbocycles. The average molecular weight is 509 g/mol. The van der Waals surface area contributed by atoms with E-state index in [1.807, 2.05) is 12.1 Å². The van der Waals surface area contributed by atoms with Crippen LogP contribution in [0.5, 0.6) is 5.75 Å². The fourth-order valence-corrected chi connectivity index (χ4v) is 3.80. The molecule has 0 spiro atoms. The quantitative estimate of drug-likeness (QED) is 0.249. The van der Waals surface area contributed by atoms with Crippen molar-refractivity contribution in [3.05, 3.63) is 99.7 Å². The molecular formula is C27H22Cl2N2O4. The van der Waals surface area contributed by atoms with E-state index in [-0.39, 0.29) is 16.1 Å². The second-order valence-electron chi connectivity index (χ2n) is 8.98. The zero-order chi connectivity index (χ0) is 25.3. The van der Waals surface area contributed by atoms with Crippen LogP contribution in [-0.2, 0) is 15.0 Å².